The van der Waals surface area contributed by atoms with Crippen LogP contribution < -0.4 is 5.32 Å². The number of amides is 1. The summed E-state index contributed by atoms with van der Waals surface area (Å²) in [5.41, 5.74) is 0.578. The minimum Gasteiger partial charge on any atom is -0.373 e. The summed E-state index contributed by atoms with van der Waals surface area (Å²) in [5, 5.41) is 12.0. The number of rotatable bonds is 4. The van der Waals surface area contributed by atoms with Crippen LogP contribution in [0.3, 0.4) is 0 Å². The molecule has 7 nitrogen and oxygen atoms in total. The molecule has 1 fully saturated rings. The van der Waals surface area contributed by atoms with Gasteiger partial charge in [-0.25, -0.2) is 8.42 Å². The van der Waals surface area contributed by atoms with Crippen molar-refractivity contribution in [1.29, 1.82) is 5.26 Å². The number of nitrogens with one attached hydrogen (secondary N) is 1. The van der Waals surface area contributed by atoms with Gasteiger partial charge < -0.3 is 10.2 Å². The van der Waals surface area contributed by atoms with Crippen LogP contribution in [0.15, 0.2) is 40.9 Å². The number of hydrogen-bond acceptors (Lipinski definition) is 5. The van der Waals surface area contributed by atoms with Crippen molar-refractivity contribution in [3.05, 3.63) is 41.6 Å². The summed E-state index contributed by atoms with van der Waals surface area (Å²) in [7, 11) is -3.53. The Labute approximate surface area is 161 Å². The lowest BCUT2D eigenvalue weighted by atomic mass is 10.1. The molecule has 8 heteroatoms. The van der Waals surface area contributed by atoms with Gasteiger partial charge in [0.15, 0.2) is 0 Å². The van der Waals surface area contributed by atoms with Gasteiger partial charge in [0.1, 0.15) is 11.6 Å². The van der Waals surface area contributed by atoms with Crippen LogP contribution in [-0.2, 0) is 14.8 Å². The summed E-state index contributed by atoms with van der Waals surface area (Å²) in [6.45, 7) is 8.86. The first-order valence-electron chi connectivity index (χ1n) is 8.78. The van der Waals surface area contributed by atoms with Gasteiger partial charge in [0.2, 0.25) is 10.0 Å². The van der Waals surface area contributed by atoms with E-state index in [0.717, 1.165) is 5.56 Å². The quantitative estimate of drug-likeness (QED) is 0.623. The van der Waals surface area contributed by atoms with Gasteiger partial charge in [-0.2, -0.15) is 9.57 Å². The Kier molecular flexibility index (Phi) is 6.29. The van der Waals surface area contributed by atoms with Crippen molar-refractivity contribution in [2.75, 3.05) is 26.2 Å². The van der Waals surface area contributed by atoms with Crippen LogP contribution in [0.1, 0.15) is 26.3 Å². The second kappa shape index (κ2) is 8.11. The average molecular weight is 391 g/mol. The summed E-state index contributed by atoms with van der Waals surface area (Å²) in [6.07, 6.45) is 1.51. The summed E-state index contributed by atoms with van der Waals surface area (Å²) >= 11 is 0. The van der Waals surface area contributed by atoms with Crippen molar-refractivity contribution in [1.82, 2.24) is 14.5 Å². The Morgan fingerprint density at radius 2 is 1.70 bits per heavy atom. The lowest BCUT2D eigenvalue weighted by molar-refractivity contribution is -0.118. The fraction of sp³-hybridized carbons (Fsp3) is 0.474. The molecule has 1 N–H and O–H groups in total. The standard InChI is InChI=1S/C19H26N4O3S/c1-15-5-7-17(8-6-15)27(25,26)23-11-9-22(10-12-23)14-16(13-20)18(24)21-19(2,3)4/h5-8,14H,9-12H2,1-4H3,(H,21,24)/b16-14-. The van der Waals surface area contributed by atoms with Crippen LogP contribution in [0.4, 0.5) is 0 Å². The highest BCUT2D eigenvalue weighted by molar-refractivity contribution is 7.89. The topological polar surface area (TPSA) is 93.5 Å². The van der Waals surface area contributed by atoms with E-state index in [0.29, 0.717) is 26.2 Å². The Morgan fingerprint density at radius 1 is 1.15 bits per heavy atom. The van der Waals surface area contributed by atoms with E-state index in [4.69, 9.17) is 0 Å². The molecule has 2 rings (SSSR count). The van der Waals surface area contributed by atoms with Crippen molar-refractivity contribution in [2.45, 2.75) is 38.1 Å². The first kappa shape index (κ1) is 20.9. The zero-order valence-electron chi connectivity index (χ0n) is 16.2. The SMILES string of the molecule is Cc1ccc(S(=O)(=O)N2CCN(/C=C(/C#N)C(=O)NC(C)(C)C)CC2)cc1. The van der Waals surface area contributed by atoms with Gasteiger partial charge in [-0.05, 0) is 39.8 Å². The molecule has 1 aromatic rings. The molecule has 0 atom stereocenters. The summed E-state index contributed by atoms with van der Waals surface area (Å²) in [5.74, 6) is -0.431. The zero-order chi connectivity index (χ0) is 20.2. The van der Waals surface area contributed by atoms with Gasteiger partial charge in [0, 0.05) is 37.9 Å². The Bertz CT molecular complexity index is 854. The van der Waals surface area contributed by atoms with Gasteiger partial charge >= 0.3 is 0 Å². The van der Waals surface area contributed by atoms with Crippen LogP contribution in [0.25, 0.3) is 0 Å². The minimum atomic E-state index is -3.53. The highest BCUT2D eigenvalue weighted by atomic mass is 32.2. The number of piperazine rings is 1. The lowest BCUT2D eigenvalue weighted by Crippen LogP contribution is -2.47. The van der Waals surface area contributed by atoms with Gasteiger partial charge in [-0.15, -0.1) is 0 Å². The number of aryl methyl sites for hydroxylation is 1. The fourth-order valence-corrected chi connectivity index (χ4v) is 4.08. The number of hydrogen-bond donors (Lipinski definition) is 1. The lowest BCUT2D eigenvalue weighted by Gasteiger charge is -2.33. The molecule has 0 spiro atoms. The minimum absolute atomic E-state index is 0.0137. The first-order valence-corrected chi connectivity index (χ1v) is 10.2. The summed E-state index contributed by atoms with van der Waals surface area (Å²) in [6, 6.07) is 8.70. The van der Waals surface area contributed by atoms with E-state index in [1.807, 2.05) is 38.7 Å². The Morgan fingerprint density at radius 3 is 2.19 bits per heavy atom. The number of carbonyl (C=O) groups is 1. The molecule has 1 aliphatic heterocycles. The number of nitriles is 1. The number of benzene rings is 1. The van der Waals surface area contributed by atoms with E-state index in [9.17, 15) is 18.5 Å². The third kappa shape index (κ3) is 5.55. The molecule has 0 bridgehead atoms. The van der Waals surface area contributed by atoms with Gasteiger partial charge in [-0.3, -0.25) is 4.79 Å². The van der Waals surface area contributed by atoms with E-state index in [1.165, 1.54) is 10.5 Å². The molecule has 1 saturated heterocycles. The maximum Gasteiger partial charge on any atom is 0.263 e. The van der Waals surface area contributed by atoms with Crippen LogP contribution >= 0.6 is 0 Å². The number of carbonyl (C=O) groups excluding carboxylic acids is 1. The van der Waals surface area contributed by atoms with E-state index in [2.05, 4.69) is 5.32 Å². The Hall–Kier alpha value is -2.37. The molecule has 0 aromatic heterocycles. The average Bonchev–Trinajstić information content (AvgIpc) is 2.59. The van der Waals surface area contributed by atoms with E-state index in [-0.39, 0.29) is 10.5 Å². The van der Waals surface area contributed by atoms with E-state index < -0.39 is 21.5 Å². The molecule has 1 aliphatic rings. The van der Waals surface area contributed by atoms with Crippen molar-refractivity contribution in [2.24, 2.45) is 0 Å². The third-order valence-electron chi connectivity index (χ3n) is 4.10. The van der Waals surface area contributed by atoms with Gasteiger partial charge in [0.05, 0.1) is 4.90 Å². The van der Waals surface area contributed by atoms with Crippen molar-refractivity contribution in [3.8, 4) is 6.07 Å². The molecule has 1 aromatic carbocycles. The molecular weight excluding hydrogens is 364 g/mol. The fourth-order valence-electron chi connectivity index (χ4n) is 2.66. The first-order chi connectivity index (χ1) is 12.5. The molecule has 0 unspecified atom stereocenters. The van der Waals surface area contributed by atoms with Crippen LogP contribution in [-0.4, -0.2) is 55.2 Å². The van der Waals surface area contributed by atoms with Gasteiger partial charge in [-0.1, -0.05) is 17.7 Å². The molecule has 0 saturated carbocycles. The van der Waals surface area contributed by atoms with E-state index >= 15 is 0 Å². The van der Waals surface area contributed by atoms with Crippen molar-refractivity contribution < 1.29 is 13.2 Å². The number of nitrogens with zero attached hydrogens (tertiary/aromatic N) is 3. The molecule has 27 heavy (non-hydrogen) atoms. The molecule has 146 valence electrons. The van der Waals surface area contributed by atoms with Crippen molar-refractivity contribution in [3.63, 3.8) is 0 Å². The molecule has 1 amide bonds. The largest absolute Gasteiger partial charge is 0.373 e. The van der Waals surface area contributed by atoms with Gasteiger partial charge in [0.25, 0.3) is 5.91 Å². The monoisotopic (exact) mass is 390 g/mol. The molecule has 0 aliphatic carbocycles. The van der Waals surface area contributed by atoms with E-state index in [1.54, 1.807) is 24.3 Å². The van der Waals surface area contributed by atoms with Crippen molar-refractivity contribution >= 4 is 15.9 Å². The molecule has 1 heterocycles. The smallest absolute Gasteiger partial charge is 0.263 e. The maximum atomic E-state index is 12.7. The van der Waals surface area contributed by atoms with Crippen LogP contribution in [0.5, 0.6) is 0 Å². The summed E-state index contributed by atoms with van der Waals surface area (Å²) < 4.78 is 26.9. The highest BCUT2D eigenvalue weighted by Gasteiger charge is 2.28. The Balaban J connectivity index is 2.05. The highest BCUT2D eigenvalue weighted by Crippen LogP contribution is 2.18. The van der Waals surface area contributed by atoms with Crippen LogP contribution in [0, 0.1) is 18.3 Å². The predicted molar refractivity (Wildman–Crippen MR) is 103 cm³/mol. The second-order valence-electron chi connectivity index (χ2n) is 7.61. The maximum absolute atomic E-state index is 12.7. The second-order valence-corrected chi connectivity index (χ2v) is 9.55. The molecular formula is C19H26N4O3S. The third-order valence-corrected chi connectivity index (χ3v) is 6.01. The normalized spacial score (nSPS) is 16.7. The van der Waals surface area contributed by atoms with Crippen LogP contribution in [0.2, 0.25) is 0 Å². The zero-order valence-corrected chi connectivity index (χ0v) is 17.0. The number of sulfonamides is 1. The predicted octanol–water partition coefficient (Wildman–Crippen LogP) is 1.62. The summed E-state index contributed by atoms with van der Waals surface area (Å²) in [4.78, 5) is 14.2. The molecule has 0 radical (unpaired) electrons.